The first-order valence-corrected chi connectivity index (χ1v) is 9.66. The van der Waals surface area contributed by atoms with Crippen molar-refractivity contribution >= 4 is 11.9 Å². The van der Waals surface area contributed by atoms with Crippen molar-refractivity contribution < 1.29 is 37.0 Å². The molecular formula is C19H26F3N5O5. The first kappa shape index (κ1) is 25.3. The van der Waals surface area contributed by atoms with E-state index in [1.54, 1.807) is 28.8 Å². The van der Waals surface area contributed by atoms with Gasteiger partial charge in [0.05, 0.1) is 37.3 Å². The zero-order chi connectivity index (χ0) is 24.1. The highest BCUT2D eigenvalue weighted by Crippen LogP contribution is 2.28. The lowest BCUT2D eigenvalue weighted by molar-refractivity contribution is -0.192. The van der Waals surface area contributed by atoms with Crippen LogP contribution >= 0.6 is 0 Å². The van der Waals surface area contributed by atoms with Crippen LogP contribution in [0.3, 0.4) is 0 Å². The zero-order valence-electron chi connectivity index (χ0n) is 18.2. The van der Waals surface area contributed by atoms with Gasteiger partial charge in [0.1, 0.15) is 11.5 Å². The third-order valence-electron chi connectivity index (χ3n) is 4.73. The van der Waals surface area contributed by atoms with E-state index < -0.39 is 12.1 Å². The number of hydrogen-bond acceptors (Lipinski definition) is 7. The van der Waals surface area contributed by atoms with Gasteiger partial charge in [-0.3, -0.25) is 9.48 Å². The Labute approximate surface area is 182 Å². The normalized spacial score (nSPS) is 15.9. The third-order valence-corrected chi connectivity index (χ3v) is 4.73. The molecule has 10 nitrogen and oxygen atoms in total. The second-order valence-electron chi connectivity index (χ2n) is 7.50. The van der Waals surface area contributed by atoms with Crippen molar-refractivity contribution in [3.05, 3.63) is 35.0 Å². The molecule has 1 atom stereocenters. The molecule has 0 saturated carbocycles. The topological polar surface area (TPSA) is 114 Å². The second kappa shape index (κ2) is 10.6. The van der Waals surface area contributed by atoms with Gasteiger partial charge in [-0.1, -0.05) is 5.21 Å². The molecule has 0 spiro atoms. The van der Waals surface area contributed by atoms with Gasteiger partial charge in [-0.25, -0.2) is 4.79 Å². The van der Waals surface area contributed by atoms with Crippen molar-refractivity contribution in [1.29, 1.82) is 0 Å². The van der Waals surface area contributed by atoms with E-state index in [0.717, 1.165) is 17.9 Å². The van der Waals surface area contributed by atoms with Gasteiger partial charge in [0.2, 0.25) is 0 Å². The largest absolute Gasteiger partial charge is 0.490 e. The number of carboxylic acids is 1. The number of halogens is 3. The molecule has 3 rings (SSSR count). The average Bonchev–Trinajstić information content (AvgIpc) is 3.30. The Kier molecular flexibility index (Phi) is 8.38. The first-order chi connectivity index (χ1) is 14.9. The van der Waals surface area contributed by atoms with Crippen LogP contribution in [0, 0.1) is 6.92 Å². The highest BCUT2D eigenvalue weighted by atomic mass is 19.4. The molecular weight excluding hydrogens is 435 g/mol. The summed E-state index contributed by atoms with van der Waals surface area (Å²) in [5, 5.41) is 15.5. The SMILES string of the molecule is Cc1occc1C(=O)N1Cc2nnn(C)c2C(COCCN(C)C)C1.O=C(O)C(F)(F)F. The summed E-state index contributed by atoms with van der Waals surface area (Å²) in [6.45, 7) is 4.89. The van der Waals surface area contributed by atoms with E-state index in [9.17, 15) is 18.0 Å². The molecule has 13 heteroatoms. The fourth-order valence-electron chi connectivity index (χ4n) is 3.15. The maximum Gasteiger partial charge on any atom is 0.490 e. The number of aryl methyl sites for hydroxylation is 2. The van der Waals surface area contributed by atoms with Gasteiger partial charge in [-0.05, 0) is 27.1 Å². The Bertz CT molecular complexity index is 925. The summed E-state index contributed by atoms with van der Waals surface area (Å²) in [5.74, 6) is -2.11. The fourth-order valence-corrected chi connectivity index (χ4v) is 3.15. The average molecular weight is 461 g/mol. The number of amides is 1. The number of carbonyl (C=O) groups excluding carboxylic acids is 1. The first-order valence-electron chi connectivity index (χ1n) is 9.66. The summed E-state index contributed by atoms with van der Waals surface area (Å²) < 4.78 is 44.6. The molecule has 178 valence electrons. The van der Waals surface area contributed by atoms with Crippen molar-refractivity contribution in [2.45, 2.75) is 25.6 Å². The molecule has 0 saturated heterocycles. The standard InChI is InChI=1S/C17H25N5O3.C2HF3O2/c1-12-14(5-7-25-12)17(23)22-9-13(11-24-8-6-20(2)3)16-15(10-22)18-19-21(16)4;3-2(4,5)1(6)7/h5,7,13H,6,8-11H2,1-4H3;(H,6,7). The molecule has 1 unspecified atom stereocenters. The van der Waals surface area contributed by atoms with Gasteiger partial charge in [0, 0.05) is 26.1 Å². The van der Waals surface area contributed by atoms with E-state index in [-0.39, 0.29) is 11.8 Å². The van der Waals surface area contributed by atoms with Gasteiger partial charge >= 0.3 is 12.1 Å². The van der Waals surface area contributed by atoms with E-state index in [1.165, 1.54) is 0 Å². The Morgan fingerprint density at radius 1 is 1.38 bits per heavy atom. The fraction of sp³-hybridized carbons (Fsp3) is 0.579. The van der Waals surface area contributed by atoms with Gasteiger partial charge in [-0.15, -0.1) is 5.10 Å². The Hall–Kier alpha value is -2.93. The lowest BCUT2D eigenvalue weighted by Crippen LogP contribution is -2.40. The summed E-state index contributed by atoms with van der Waals surface area (Å²) in [7, 11) is 5.91. The van der Waals surface area contributed by atoms with Gasteiger partial charge in [0.25, 0.3) is 5.91 Å². The maximum atomic E-state index is 12.8. The molecule has 1 amide bonds. The summed E-state index contributed by atoms with van der Waals surface area (Å²) in [6.07, 6.45) is -3.54. The Morgan fingerprint density at radius 2 is 2.03 bits per heavy atom. The Morgan fingerprint density at radius 3 is 2.56 bits per heavy atom. The van der Waals surface area contributed by atoms with Crippen LogP contribution in [0.15, 0.2) is 16.7 Å². The molecule has 1 aliphatic heterocycles. The van der Waals surface area contributed by atoms with Crippen LogP contribution < -0.4 is 0 Å². The second-order valence-corrected chi connectivity index (χ2v) is 7.50. The van der Waals surface area contributed by atoms with E-state index in [2.05, 4.69) is 15.2 Å². The Balaban J connectivity index is 0.000000451. The van der Waals surface area contributed by atoms with Crippen LogP contribution in [0.1, 0.15) is 33.4 Å². The summed E-state index contributed by atoms with van der Waals surface area (Å²) in [6, 6.07) is 1.71. The number of aliphatic carboxylic acids is 1. The lowest BCUT2D eigenvalue weighted by Gasteiger charge is -2.32. The van der Waals surface area contributed by atoms with Crippen LogP contribution in [0.2, 0.25) is 0 Å². The molecule has 0 fully saturated rings. The summed E-state index contributed by atoms with van der Waals surface area (Å²) >= 11 is 0. The number of carbonyl (C=O) groups is 2. The lowest BCUT2D eigenvalue weighted by atomic mass is 9.98. The number of likely N-dealkylation sites (N-methyl/N-ethyl adjacent to an activating group) is 1. The molecule has 1 N–H and O–H groups in total. The van der Waals surface area contributed by atoms with Crippen LogP contribution in [-0.2, 0) is 23.1 Å². The molecule has 3 heterocycles. The van der Waals surface area contributed by atoms with E-state index in [4.69, 9.17) is 19.1 Å². The van der Waals surface area contributed by atoms with Gasteiger partial charge < -0.3 is 24.1 Å². The molecule has 32 heavy (non-hydrogen) atoms. The number of fused-ring (bicyclic) bond motifs is 1. The maximum absolute atomic E-state index is 12.8. The van der Waals surface area contributed by atoms with Crippen LogP contribution in [0.4, 0.5) is 13.2 Å². The third kappa shape index (κ3) is 6.53. The smallest absolute Gasteiger partial charge is 0.475 e. The molecule has 0 aliphatic carbocycles. The minimum atomic E-state index is -5.08. The summed E-state index contributed by atoms with van der Waals surface area (Å²) in [4.78, 5) is 25.6. The predicted molar refractivity (Wildman–Crippen MR) is 105 cm³/mol. The predicted octanol–water partition coefficient (Wildman–Crippen LogP) is 1.67. The number of alkyl halides is 3. The quantitative estimate of drug-likeness (QED) is 0.647. The minimum Gasteiger partial charge on any atom is -0.475 e. The van der Waals surface area contributed by atoms with E-state index in [0.29, 0.717) is 37.6 Å². The molecule has 0 bridgehead atoms. The van der Waals surface area contributed by atoms with E-state index >= 15 is 0 Å². The number of carboxylic acid groups (broad SMARTS) is 1. The molecule has 2 aromatic heterocycles. The molecule has 0 aromatic carbocycles. The number of hydrogen-bond donors (Lipinski definition) is 1. The number of furan rings is 1. The number of ether oxygens (including phenoxy) is 1. The van der Waals surface area contributed by atoms with Crippen molar-refractivity contribution in [3.63, 3.8) is 0 Å². The van der Waals surface area contributed by atoms with Crippen molar-refractivity contribution in [1.82, 2.24) is 24.8 Å². The van der Waals surface area contributed by atoms with Gasteiger partial charge in [0.15, 0.2) is 0 Å². The number of nitrogens with zero attached hydrogens (tertiary/aromatic N) is 5. The highest BCUT2D eigenvalue weighted by Gasteiger charge is 2.38. The van der Waals surface area contributed by atoms with Crippen LogP contribution in [-0.4, -0.2) is 88.4 Å². The number of rotatable bonds is 6. The van der Waals surface area contributed by atoms with Crippen molar-refractivity contribution in [3.8, 4) is 0 Å². The van der Waals surface area contributed by atoms with Crippen molar-refractivity contribution in [2.75, 3.05) is 40.4 Å². The molecule has 0 radical (unpaired) electrons. The summed E-state index contributed by atoms with van der Waals surface area (Å²) in [5.41, 5.74) is 2.49. The minimum absolute atomic E-state index is 0.0409. The van der Waals surface area contributed by atoms with Crippen LogP contribution in [0.5, 0.6) is 0 Å². The van der Waals surface area contributed by atoms with Gasteiger partial charge in [-0.2, -0.15) is 13.2 Å². The number of aromatic nitrogens is 3. The van der Waals surface area contributed by atoms with Crippen LogP contribution in [0.25, 0.3) is 0 Å². The molecule has 1 aliphatic rings. The van der Waals surface area contributed by atoms with Crippen molar-refractivity contribution in [2.24, 2.45) is 7.05 Å². The molecule has 2 aromatic rings. The zero-order valence-corrected chi connectivity index (χ0v) is 18.2. The monoisotopic (exact) mass is 461 g/mol. The highest BCUT2D eigenvalue weighted by molar-refractivity contribution is 5.95. The van der Waals surface area contributed by atoms with E-state index in [1.807, 2.05) is 21.1 Å².